The highest BCUT2D eigenvalue weighted by Crippen LogP contribution is 2.27. The number of carbonyl (C=O) groups excluding carboxylic acids is 2. The Labute approximate surface area is 231 Å². The van der Waals surface area contributed by atoms with Gasteiger partial charge in [0.15, 0.2) is 16.1 Å². The molecule has 0 aromatic heterocycles. The zero-order valence-electron chi connectivity index (χ0n) is 22.8. The normalized spacial score (nSPS) is 15.4. The van der Waals surface area contributed by atoms with E-state index in [4.69, 9.17) is 4.18 Å². The van der Waals surface area contributed by atoms with Crippen LogP contribution in [0.25, 0.3) is 0 Å². The first kappa shape index (κ1) is 31.3. The van der Waals surface area contributed by atoms with Crippen LogP contribution < -0.4 is 15.9 Å². The number of para-hydroxylation sites is 1. The van der Waals surface area contributed by atoms with E-state index in [1.54, 1.807) is 36.3 Å². The van der Waals surface area contributed by atoms with Crippen LogP contribution in [0.5, 0.6) is 0 Å². The van der Waals surface area contributed by atoms with Crippen molar-refractivity contribution in [2.24, 2.45) is 0 Å². The molecule has 3 rings (SSSR count). The van der Waals surface area contributed by atoms with E-state index in [0.717, 1.165) is 33.9 Å². The molecule has 9 heteroatoms. The van der Waals surface area contributed by atoms with Crippen LogP contribution in [0.4, 0.5) is 14.9 Å². The highest BCUT2D eigenvalue weighted by Gasteiger charge is 2.33. The second-order valence-electron chi connectivity index (χ2n) is 8.22. The maximum absolute atomic E-state index is 14.0. The van der Waals surface area contributed by atoms with E-state index in [1.165, 1.54) is 6.07 Å². The van der Waals surface area contributed by atoms with E-state index in [2.05, 4.69) is 26.5 Å². The molecule has 2 aromatic rings. The fraction of sp³-hybridized carbons (Fsp3) is 0.310. The summed E-state index contributed by atoms with van der Waals surface area (Å²) >= 11 is -0.345. The fourth-order valence-electron chi connectivity index (χ4n) is 3.91. The van der Waals surface area contributed by atoms with Gasteiger partial charge in [-0.3, -0.25) is 4.79 Å². The maximum Gasteiger partial charge on any atom is 0.319 e. The van der Waals surface area contributed by atoms with Crippen LogP contribution in [0.1, 0.15) is 48.7 Å². The van der Waals surface area contributed by atoms with E-state index in [-0.39, 0.29) is 29.3 Å². The van der Waals surface area contributed by atoms with Crippen molar-refractivity contribution in [2.75, 3.05) is 24.7 Å². The second-order valence-corrected chi connectivity index (χ2v) is 10.9. The predicted molar refractivity (Wildman–Crippen MR) is 161 cm³/mol. The van der Waals surface area contributed by atoms with E-state index < -0.39 is 11.8 Å². The molecule has 6 nitrogen and oxygen atoms in total. The Kier molecular flexibility index (Phi) is 12.7. The van der Waals surface area contributed by atoms with Crippen LogP contribution in [0.15, 0.2) is 71.8 Å². The molecule has 1 heterocycles. The number of anilines is 1. The minimum Gasteiger partial charge on any atom is -0.334 e. The molecule has 0 saturated carbocycles. The summed E-state index contributed by atoms with van der Waals surface area (Å²) in [6.45, 7) is 12.5. The molecule has 1 aliphatic heterocycles. The molecule has 0 fully saturated rings. The van der Waals surface area contributed by atoms with Gasteiger partial charge in [0, 0.05) is 32.0 Å². The third-order valence-corrected chi connectivity index (χ3v) is 8.29. The Balaban J connectivity index is 0.00000247. The van der Waals surface area contributed by atoms with Gasteiger partial charge in [-0.05, 0) is 47.6 Å². The monoisotopic (exact) mass is 558 g/mol. The zero-order valence-corrected chi connectivity index (χ0v) is 24.7. The number of nitrogens with zero attached hydrogens (tertiary/aromatic N) is 1. The molecule has 1 aliphatic rings. The molecule has 0 radical (unpaired) electrons. The lowest BCUT2D eigenvalue weighted by Crippen LogP contribution is -2.31. The third-order valence-electron chi connectivity index (χ3n) is 5.85. The number of hydrogen-bond acceptors (Lipinski definition) is 3. The van der Waals surface area contributed by atoms with Gasteiger partial charge in [-0.25, -0.2) is 9.18 Å². The Morgan fingerprint density at radius 3 is 2.61 bits per heavy atom. The predicted octanol–water partition coefficient (Wildman–Crippen LogP) is 5.98. The first-order chi connectivity index (χ1) is 18.3. The zero-order chi connectivity index (χ0) is 28.2. The first-order valence-corrected chi connectivity index (χ1v) is 14.4. The van der Waals surface area contributed by atoms with Crippen LogP contribution >= 0.6 is 9.24 Å². The lowest BCUT2D eigenvalue weighted by molar-refractivity contribution is 0.0811. The number of rotatable bonds is 7. The van der Waals surface area contributed by atoms with Gasteiger partial charge in [0.1, 0.15) is 11.6 Å². The van der Waals surface area contributed by atoms with Gasteiger partial charge < -0.3 is 15.5 Å². The first-order valence-electron chi connectivity index (χ1n) is 12.5. The van der Waals surface area contributed by atoms with Crippen molar-refractivity contribution in [3.63, 3.8) is 0 Å². The van der Waals surface area contributed by atoms with Crippen molar-refractivity contribution in [3.8, 4) is 0 Å². The fourth-order valence-corrected chi connectivity index (χ4v) is 5.76. The van der Waals surface area contributed by atoms with E-state index in [0.29, 0.717) is 17.4 Å². The number of urea groups is 1. The minimum absolute atomic E-state index is 0.0903. The molecule has 0 bridgehead atoms. The molecule has 38 heavy (non-hydrogen) atoms. The molecule has 3 amide bonds. The summed E-state index contributed by atoms with van der Waals surface area (Å²) in [6, 6.07) is 9.48. The van der Waals surface area contributed by atoms with Crippen molar-refractivity contribution in [3.05, 3.63) is 94.3 Å². The number of aryl methyl sites for hydroxylation is 1. The average Bonchev–Trinajstić information content (AvgIpc) is 3.07. The number of hydrogen-bond donors (Lipinski definition) is 2. The molecule has 0 spiro atoms. The summed E-state index contributed by atoms with van der Waals surface area (Å²) in [5, 5.41) is 5.85. The average molecular weight is 559 g/mol. The van der Waals surface area contributed by atoms with E-state index in [1.807, 2.05) is 52.0 Å². The Hall–Kier alpha value is -2.93. The molecular weight excluding hydrogens is 520 g/mol. The Bertz CT molecular complexity index is 1200. The van der Waals surface area contributed by atoms with Crippen molar-refractivity contribution >= 4 is 43.3 Å². The van der Waals surface area contributed by atoms with Gasteiger partial charge in [0.25, 0.3) is 5.91 Å². The van der Waals surface area contributed by atoms with Crippen molar-refractivity contribution in [1.82, 2.24) is 10.2 Å². The topological polar surface area (TPSA) is 70.7 Å². The lowest BCUT2D eigenvalue weighted by atomic mass is 10.0. The molecule has 0 saturated heterocycles. The van der Waals surface area contributed by atoms with Gasteiger partial charge in [-0.1, -0.05) is 50.8 Å². The number of amides is 3. The smallest absolute Gasteiger partial charge is 0.319 e. The van der Waals surface area contributed by atoms with Gasteiger partial charge in [-0.15, -0.1) is 9.24 Å². The van der Waals surface area contributed by atoms with Crippen LogP contribution in [0.3, 0.4) is 0 Å². The second kappa shape index (κ2) is 15.5. The molecular formula is C29H38FN3O3PS+. The minimum atomic E-state index is -0.513. The third kappa shape index (κ3) is 8.03. The van der Waals surface area contributed by atoms with Crippen LogP contribution in [0, 0.1) is 12.7 Å². The van der Waals surface area contributed by atoms with Gasteiger partial charge in [0.2, 0.25) is 0 Å². The quantitative estimate of drug-likeness (QED) is 0.250. The summed E-state index contributed by atoms with van der Waals surface area (Å²) in [6.07, 6.45) is 6.26. The van der Waals surface area contributed by atoms with E-state index >= 15 is 0 Å². The number of benzene rings is 2. The molecule has 2 atom stereocenters. The Morgan fingerprint density at radius 1 is 1.24 bits per heavy atom. The SMILES string of the molecule is C=C/C=C\C1=C(C)[S+](OC)CCCN1C(=O)c1ccc(CNC(=O)Nc2c(F)cccc2P)c(C)c1.CC. The summed E-state index contributed by atoms with van der Waals surface area (Å²) in [5.41, 5.74) is 3.25. The summed E-state index contributed by atoms with van der Waals surface area (Å²) in [7, 11) is 4.10. The standard InChI is InChI=1S/C27H31FN3O3PS.C2H6/c1-5-6-10-23-19(3)36(34-4)15-8-14-31(23)26(32)20-12-13-21(18(2)16-20)17-29-27(33)30-25-22(28)9-7-11-24(25)35;1-2/h5-7,9-13,16H,1,8,14-15,17,35H2,2-4H3,(H-,29,30,33);1-2H3/p+1/b10-6-;. The summed E-state index contributed by atoms with van der Waals surface area (Å²) in [5.74, 6) is 0.274. The highest BCUT2D eigenvalue weighted by molar-refractivity contribution is 7.96. The van der Waals surface area contributed by atoms with Crippen molar-refractivity contribution < 1.29 is 18.2 Å². The van der Waals surface area contributed by atoms with Gasteiger partial charge in [0.05, 0.1) is 18.5 Å². The molecule has 0 aliphatic carbocycles. The lowest BCUT2D eigenvalue weighted by Gasteiger charge is -2.22. The summed E-state index contributed by atoms with van der Waals surface area (Å²) in [4.78, 5) is 28.7. The molecule has 2 N–H and O–H groups in total. The van der Waals surface area contributed by atoms with Crippen LogP contribution in [-0.2, 0) is 21.9 Å². The Morgan fingerprint density at radius 2 is 1.97 bits per heavy atom. The van der Waals surface area contributed by atoms with Crippen LogP contribution in [-0.4, -0.2) is 36.2 Å². The molecule has 2 unspecified atom stereocenters. The van der Waals surface area contributed by atoms with Crippen molar-refractivity contribution in [1.29, 1.82) is 0 Å². The van der Waals surface area contributed by atoms with Gasteiger partial charge in [-0.2, -0.15) is 4.18 Å². The number of nitrogens with one attached hydrogen (secondary N) is 2. The largest absolute Gasteiger partial charge is 0.334 e. The highest BCUT2D eigenvalue weighted by atomic mass is 32.2. The number of halogens is 1. The van der Waals surface area contributed by atoms with Crippen molar-refractivity contribution in [2.45, 2.75) is 40.7 Å². The van der Waals surface area contributed by atoms with E-state index in [9.17, 15) is 14.0 Å². The number of carbonyl (C=O) groups is 2. The molecule has 2 aromatic carbocycles. The molecule has 204 valence electrons. The number of allylic oxidation sites excluding steroid dienone is 4. The summed E-state index contributed by atoms with van der Waals surface area (Å²) < 4.78 is 19.7. The maximum atomic E-state index is 14.0. The van der Waals surface area contributed by atoms with Crippen LogP contribution in [0.2, 0.25) is 0 Å². The van der Waals surface area contributed by atoms with Gasteiger partial charge >= 0.3 is 6.03 Å².